The van der Waals surface area contributed by atoms with Crippen LogP contribution >= 0.6 is 11.8 Å². The molecule has 0 saturated heterocycles. The van der Waals surface area contributed by atoms with Gasteiger partial charge in [0.15, 0.2) is 0 Å². The van der Waals surface area contributed by atoms with Crippen LogP contribution in [0.2, 0.25) is 0 Å². The van der Waals surface area contributed by atoms with Gasteiger partial charge in [0.25, 0.3) is 0 Å². The summed E-state index contributed by atoms with van der Waals surface area (Å²) in [5.74, 6) is 1.18. The minimum Gasteiger partial charge on any atom is -0.351 e. The van der Waals surface area contributed by atoms with Crippen molar-refractivity contribution in [1.29, 1.82) is 0 Å². The van der Waals surface area contributed by atoms with Gasteiger partial charge in [-0.15, -0.1) is 11.8 Å². The molecule has 2 heterocycles. The maximum absolute atomic E-state index is 12.3. The van der Waals surface area contributed by atoms with Gasteiger partial charge in [0, 0.05) is 17.6 Å². The normalized spacial score (nSPS) is 11.1. The van der Waals surface area contributed by atoms with Gasteiger partial charge in [-0.25, -0.2) is 9.97 Å². The van der Waals surface area contributed by atoms with E-state index in [1.54, 1.807) is 24.3 Å². The summed E-state index contributed by atoms with van der Waals surface area (Å²) in [7, 11) is 0. The van der Waals surface area contributed by atoms with Crippen LogP contribution in [0.1, 0.15) is 5.56 Å². The van der Waals surface area contributed by atoms with Crippen LogP contribution in [0.3, 0.4) is 0 Å². The predicted molar refractivity (Wildman–Crippen MR) is 125 cm³/mol. The summed E-state index contributed by atoms with van der Waals surface area (Å²) in [6, 6.07) is 26.4. The Morgan fingerprint density at radius 3 is 2.61 bits per heavy atom. The Kier molecular flexibility index (Phi) is 5.37. The van der Waals surface area contributed by atoms with E-state index in [9.17, 15) is 4.79 Å². The smallest absolute Gasteiger partial charge is 0.230 e. The number of para-hydroxylation sites is 2. The van der Waals surface area contributed by atoms with Crippen LogP contribution in [0.4, 0.5) is 0 Å². The second kappa shape index (κ2) is 8.62. The van der Waals surface area contributed by atoms with Gasteiger partial charge in [-0.2, -0.15) is 0 Å². The molecule has 5 nitrogen and oxygen atoms in total. The number of amides is 1. The first-order valence-corrected chi connectivity index (χ1v) is 11.0. The van der Waals surface area contributed by atoms with Crippen molar-refractivity contribution in [2.75, 3.05) is 5.75 Å². The molecule has 0 aliphatic rings. The van der Waals surface area contributed by atoms with Gasteiger partial charge in [0.1, 0.15) is 12.1 Å². The van der Waals surface area contributed by atoms with E-state index >= 15 is 0 Å². The number of thioether (sulfide) groups is 1. The molecule has 5 aromatic rings. The molecule has 0 aliphatic carbocycles. The Bertz CT molecular complexity index is 1360. The fourth-order valence-corrected chi connectivity index (χ4v) is 4.24. The maximum Gasteiger partial charge on any atom is 0.230 e. The fraction of sp³-hybridized carbons (Fsp3) is 0.0800. The molecule has 0 fully saturated rings. The number of fused-ring (bicyclic) bond motifs is 2. The van der Waals surface area contributed by atoms with Crippen LogP contribution in [0.5, 0.6) is 0 Å². The summed E-state index contributed by atoms with van der Waals surface area (Å²) >= 11 is 1.54. The molecule has 1 N–H and O–H groups in total. The van der Waals surface area contributed by atoms with Gasteiger partial charge < -0.3 is 5.32 Å². The number of pyridine rings is 1. The monoisotopic (exact) mass is 424 g/mol. The lowest BCUT2D eigenvalue weighted by Gasteiger charge is -2.08. The molecule has 0 atom stereocenters. The Hall–Kier alpha value is -3.64. The van der Waals surface area contributed by atoms with Crippen molar-refractivity contribution in [1.82, 2.24) is 19.9 Å². The van der Waals surface area contributed by atoms with Crippen molar-refractivity contribution in [3.05, 3.63) is 97.0 Å². The molecule has 0 saturated carbocycles. The SMILES string of the molecule is O=C(CSc1ccc2ccccc2c1)NCc1ccc(-n2cnc3ccccc32)nc1. The number of carbonyl (C=O) groups is 1. The summed E-state index contributed by atoms with van der Waals surface area (Å²) in [5, 5.41) is 5.36. The molecular formula is C25H20N4OS. The van der Waals surface area contributed by atoms with E-state index < -0.39 is 0 Å². The summed E-state index contributed by atoms with van der Waals surface area (Å²) < 4.78 is 1.96. The Morgan fingerprint density at radius 2 is 1.74 bits per heavy atom. The largest absolute Gasteiger partial charge is 0.351 e. The molecule has 0 unspecified atom stereocenters. The molecule has 3 aromatic carbocycles. The van der Waals surface area contributed by atoms with E-state index in [2.05, 4.69) is 45.6 Å². The number of hydrogen-bond acceptors (Lipinski definition) is 4. The Labute approximate surface area is 184 Å². The van der Waals surface area contributed by atoms with E-state index in [4.69, 9.17) is 0 Å². The van der Waals surface area contributed by atoms with E-state index in [1.807, 2.05) is 53.1 Å². The van der Waals surface area contributed by atoms with Crippen molar-refractivity contribution >= 4 is 39.5 Å². The molecule has 31 heavy (non-hydrogen) atoms. The number of nitrogens with zero attached hydrogens (tertiary/aromatic N) is 3. The second-order valence-electron chi connectivity index (χ2n) is 7.20. The van der Waals surface area contributed by atoms with E-state index in [1.165, 1.54) is 10.8 Å². The summed E-state index contributed by atoms with van der Waals surface area (Å²) in [6.45, 7) is 0.453. The Balaban J connectivity index is 1.17. The highest BCUT2D eigenvalue weighted by Gasteiger charge is 2.07. The third-order valence-corrected chi connectivity index (χ3v) is 6.08. The van der Waals surface area contributed by atoms with Gasteiger partial charge >= 0.3 is 0 Å². The highest BCUT2D eigenvalue weighted by atomic mass is 32.2. The molecule has 1 amide bonds. The number of aromatic nitrogens is 3. The standard InChI is InChI=1S/C25H20N4OS/c30-25(16-31-21-11-10-19-5-1-2-6-20(19)13-21)27-15-18-9-12-24(26-14-18)29-17-28-22-7-3-4-8-23(22)29/h1-14,17H,15-16H2,(H,27,30). The lowest BCUT2D eigenvalue weighted by molar-refractivity contribution is -0.118. The number of nitrogens with one attached hydrogen (secondary N) is 1. The van der Waals surface area contributed by atoms with Crippen LogP contribution in [0.15, 0.2) is 96.3 Å². The first-order chi connectivity index (χ1) is 15.3. The third-order valence-electron chi connectivity index (χ3n) is 5.09. The minimum absolute atomic E-state index is 0.00263. The Morgan fingerprint density at radius 1 is 0.903 bits per heavy atom. The van der Waals surface area contributed by atoms with E-state index in [0.717, 1.165) is 27.3 Å². The molecule has 0 radical (unpaired) electrons. The minimum atomic E-state index is 0.00263. The molecule has 0 bridgehead atoms. The molecule has 6 heteroatoms. The van der Waals surface area contributed by atoms with Gasteiger partial charge in [-0.1, -0.05) is 48.5 Å². The first kappa shape index (κ1) is 19.3. The van der Waals surface area contributed by atoms with Crippen LogP contribution < -0.4 is 5.32 Å². The highest BCUT2D eigenvalue weighted by molar-refractivity contribution is 8.00. The quantitative estimate of drug-likeness (QED) is 0.391. The molecule has 0 aliphatic heterocycles. The zero-order chi connectivity index (χ0) is 21.0. The lowest BCUT2D eigenvalue weighted by Crippen LogP contribution is -2.24. The third kappa shape index (κ3) is 4.29. The van der Waals surface area contributed by atoms with Crippen molar-refractivity contribution in [2.24, 2.45) is 0 Å². The predicted octanol–water partition coefficient (Wildman–Crippen LogP) is 4.98. The zero-order valence-electron chi connectivity index (χ0n) is 16.7. The average molecular weight is 425 g/mol. The van der Waals surface area contributed by atoms with Crippen LogP contribution in [0, 0.1) is 0 Å². The van der Waals surface area contributed by atoms with E-state index in [0.29, 0.717) is 12.3 Å². The van der Waals surface area contributed by atoms with Gasteiger partial charge in [-0.3, -0.25) is 9.36 Å². The van der Waals surface area contributed by atoms with E-state index in [-0.39, 0.29) is 5.91 Å². The van der Waals surface area contributed by atoms with Gasteiger partial charge in [0.05, 0.1) is 16.8 Å². The summed E-state index contributed by atoms with van der Waals surface area (Å²) in [4.78, 5) is 22.3. The highest BCUT2D eigenvalue weighted by Crippen LogP contribution is 2.23. The first-order valence-electron chi connectivity index (χ1n) is 10.0. The summed E-state index contributed by atoms with van der Waals surface area (Å²) in [6.07, 6.45) is 3.57. The van der Waals surface area contributed by atoms with Crippen molar-refractivity contribution in [2.45, 2.75) is 11.4 Å². The van der Waals surface area contributed by atoms with Gasteiger partial charge in [-0.05, 0) is 46.7 Å². The van der Waals surface area contributed by atoms with Crippen LogP contribution in [-0.2, 0) is 11.3 Å². The van der Waals surface area contributed by atoms with Crippen molar-refractivity contribution < 1.29 is 4.79 Å². The van der Waals surface area contributed by atoms with Gasteiger partial charge in [0.2, 0.25) is 5.91 Å². The zero-order valence-corrected chi connectivity index (χ0v) is 17.5. The topological polar surface area (TPSA) is 59.8 Å². The lowest BCUT2D eigenvalue weighted by atomic mass is 10.1. The number of hydrogen-bond donors (Lipinski definition) is 1. The maximum atomic E-state index is 12.3. The number of imidazole rings is 1. The fourth-order valence-electron chi connectivity index (χ4n) is 3.46. The molecule has 152 valence electrons. The van der Waals surface area contributed by atoms with Crippen LogP contribution in [-0.4, -0.2) is 26.2 Å². The molecule has 5 rings (SSSR count). The molecule has 0 spiro atoms. The number of carbonyl (C=O) groups excluding carboxylic acids is 1. The van der Waals surface area contributed by atoms with Crippen molar-refractivity contribution in [3.8, 4) is 5.82 Å². The molecule has 2 aromatic heterocycles. The second-order valence-corrected chi connectivity index (χ2v) is 8.25. The summed E-state index contributed by atoms with van der Waals surface area (Å²) in [5.41, 5.74) is 2.91. The van der Waals surface area contributed by atoms with Crippen LogP contribution in [0.25, 0.3) is 27.6 Å². The molecular weight excluding hydrogens is 404 g/mol. The van der Waals surface area contributed by atoms with Crippen molar-refractivity contribution in [3.63, 3.8) is 0 Å². The number of rotatable bonds is 6. The average Bonchev–Trinajstić information content (AvgIpc) is 3.26. The number of benzene rings is 3.